The normalized spacial score (nSPS) is 13.6. The van der Waals surface area contributed by atoms with Gasteiger partial charge in [0, 0.05) is 5.69 Å². The van der Waals surface area contributed by atoms with Crippen LogP contribution in [0.1, 0.15) is 12.5 Å². The summed E-state index contributed by atoms with van der Waals surface area (Å²) in [7, 11) is 0. The first kappa shape index (κ1) is 12.2. The van der Waals surface area contributed by atoms with Crippen LogP contribution < -0.4 is 5.32 Å². The summed E-state index contributed by atoms with van der Waals surface area (Å²) in [5.41, 5.74) is 0.371. The van der Waals surface area contributed by atoms with Crippen molar-refractivity contribution in [2.24, 2.45) is 0 Å². The number of nitrogens with one attached hydrogen (secondary N) is 1. The van der Waals surface area contributed by atoms with Gasteiger partial charge in [0.05, 0.1) is 0 Å². The number of benzene rings is 2. The van der Waals surface area contributed by atoms with E-state index in [0.717, 1.165) is 11.3 Å². The van der Waals surface area contributed by atoms with Crippen LogP contribution in [0, 0.1) is 0 Å². The molecule has 0 bridgehead atoms. The molecule has 0 saturated heterocycles. The number of anilines is 1. The van der Waals surface area contributed by atoms with Crippen molar-refractivity contribution >= 4 is 11.7 Å². The lowest BCUT2D eigenvalue weighted by molar-refractivity contribution is -0.142. The first-order valence-corrected chi connectivity index (χ1v) is 5.75. The molecule has 0 saturated carbocycles. The second kappa shape index (κ2) is 4.92. The van der Waals surface area contributed by atoms with Gasteiger partial charge in [-0.1, -0.05) is 48.5 Å². The van der Waals surface area contributed by atoms with E-state index in [0.29, 0.717) is 0 Å². The Morgan fingerprint density at radius 2 is 1.50 bits per heavy atom. The third-order valence-electron chi connectivity index (χ3n) is 2.95. The van der Waals surface area contributed by atoms with E-state index in [-0.39, 0.29) is 0 Å². The maximum absolute atomic E-state index is 11.6. The lowest BCUT2D eigenvalue weighted by Gasteiger charge is -2.28. The Kier molecular flexibility index (Phi) is 3.33. The minimum atomic E-state index is -1.14. The fraction of sp³-hybridized carbons (Fsp3) is 0.133. The lowest BCUT2D eigenvalue weighted by atomic mass is 9.92. The Labute approximate surface area is 106 Å². The molecule has 0 radical (unpaired) electrons. The van der Waals surface area contributed by atoms with Gasteiger partial charge in [-0.25, -0.2) is 4.79 Å². The molecule has 0 amide bonds. The Hall–Kier alpha value is -2.29. The highest BCUT2D eigenvalue weighted by atomic mass is 16.4. The molecule has 0 aromatic heterocycles. The van der Waals surface area contributed by atoms with Crippen molar-refractivity contribution in [3.8, 4) is 0 Å². The van der Waals surface area contributed by atoms with Crippen molar-refractivity contribution < 1.29 is 9.90 Å². The van der Waals surface area contributed by atoms with Crippen LogP contribution in [0.15, 0.2) is 60.7 Å². The molecule has 3 nitrogen and oxygen atoms in total. The fourth-order valence-electron chi connectivity index (χ4n) is 1.83. The van der Waals surface area contributed by atoms with Gasteiger partial charge in [0.15, 0.2) is 5.54 Å². The number of aliphatic carboxylic acids is 1. The largest absolute Gasteiger partial charge is 0.479 e. The summed E-state index contributed by atoms with van der Waals surface area (Å²) in [5, 5.41) is 12.6. The number of carbonyl (C=O) groups is 1. The van der Waals surface area contributed by atoms with Gasteiger partial charge in [0.25, 0.3) is 0 Å². The summed E-state index contributed by atoms with van der Waals surface area (Å²) in [6, 6.07) is 18.5. The lowest BCUT2D eigenvalue weighted by Crippen LogP contribution is -2.40. The molecular weight excluding hydrogens is 226 g/mol. The molecule has 2 aromatic rings. The van der Waals surface area contributed by atoms with Gasteiger partial charge >= 0.3 is 5.97 Å². The highest BCUT2D eigenvalue weighted by Crippen LogP contribution is 2.26. The average Bonchev–Trinajstić information content (AvgIpc) is 2.40. The number of carboxylic acid groups (broad SMARTS) is 1. The Bertz CT molecular complexity index is 525. The first-order valence-electron chi connectivity index (χ1n) is 5.75. The van der Waals surface area contributed by atoms with Crippen molar-refractivity contribution in [2.75, 3.05) is 5.32 Å². The van der Waals surface area contributed by atoms with Crippen LogP contribution >= 0.6 is 0 Å². The molecule has 0 aliphatic carbocycles. The molecule has 3 heteroatoms. The van der Waals surface area contributed by atoms with E-state index >= 15 is 0 Å². The maximum Gasteiger partial charge on any atom is 0.333 e. The predicted molar refractivity (Wildman–Crippen MR) is 71.5 cm³/mol. The molecule has 0 heterocycles. The molecule has 0 spiro atoms. The van der Waals surface area contributed by atoms with Crippen LogP contribution in [-0.2, 0) is 10.3 Å². The topological polar surface area (TPSA) is 49.3 Å². The second-order valence-electron chi connectivity index (χ2n) is 4.29. The number of para-hydroxylation sites is 1. The van der Waals surface area contributed by atoms with Crippen LogP contribution in [0.3, 0.4) is 0 Å². The molecule has 0 fully saturated rings. The summed E-state index contributed by atoms with van der Waals surface area (Å²) in [6.07, 6.45) is 0. The van der Waals surface area contributed by atoms with Gasteiger partial charge in [0.2, 0.25) is 0 Å². The third-order valence-corrected chi connectivity index (χ3v) is 2.95. The van der Waals surface area contributed by atoms with E-state index in [1.54, 1.807) is 6.92 Å². The molecule has 0 aliphatic heterocycles. The van der Waals surface area contributed by atoms with E-state index < -0.39 is 11.5 Å². The van der Waals surface area contributed by atoms with Crippen molar-refractivity contribution in [1.29, 1.82) is 0 Å². The van der Waals surface area contributed by atoms with Gasteiger partial charge in [0.1, 0.15) is 0 Å². The molecule has 0 aliphatic rings. The van der Waals surface area contributed by atoms with Crippen molar-refractivity contribution in [1.82, 2.24) is 0 Å². The minimum Gasteiger partial charge on any atom is -0.479 e. The number of hydrogen-bond donors (Lipinski definition) is 2. The Balaban J connectivity index is 2.37. The molecule has 2 rings (SSSR count). The fourth-order valence-corrected chi connectivity index (χ4v) is 1.83. The predicted octanol–water partition coefficient (Wildman–Crippen LogP) is 3.10. The van der Waals surface area contributed by atoms with Crippen LogP contribution in [0.4, 0.5) is 5.69 Å². The van der Waals surface area contributed by atoms with E-state index in [1.807, 2.05) is 60.7 Å². The molecular formula is C15H15NO2. The second-order valence-corrected chi connectivity index (χ2v) is 4.29. The average molecular weight is 241 g/mol. The molecule has 1 unspecified atom stereocenters. The van der Waals surface area contributed by atoms with Gasteiger partial charge in [-0.2, -0.15) is 0 Å². The zero-order valence-corrected chi connectivity index (χ0v) is 10.1. The monoisotopic (exact) mass is 241 g/mol. The zero-order chi connectivity index (χ0) is 13.0. The highest BCUT2D eigenvalue weighted by molar-refractivity contribution is 5.84. The van der Waals surface area contributed by atoms with Gasteiger partial charge in [-0.3, -0.25) is 0 Å². The van der Waals surface area contributed by atoms with Gasteiger partial charge < -0.3 is 10.4 Å². The van der Waals surface area contributed by atoms with E-state index in [4.69, 9.17) is 0 Å². The molecule has 92 valence electrons. The number of rotatable bonds is 4. The summed E-state index contributed by atoms with van der Waals surface area (Å²) in [6.45, 7) is 1.66. The molecule has 18 heavy (non-hydrogen) atoms. The molecule has 2 N–H and O–H groups in total. The number of hydrogen-bond acceptors (Lipinski definition) is 2. The summed E-state index contributed by atoms with van der Waals surface area (Å²) in [4.78, 5) is 11.6. The summed E-state index contributed by atoms with van der Waals surface area (Å²) in [5.74, 6) is -0.905. The van der Waals surface area contributed by atoms with Gasteiger partial charge in [-0.05, 0) is 24.6 Å². The smallest absolute Gasteiger partial charge is 0.333 e. The van der Waals surface area contributed by atoms with E-state index in [1.165, 1.54) is 0 Å². The first-order chi connectivity index (χ1) is 8.63. The zero-order valence-electron chi connectivity index (χ0n) is 10.1. The van der Waals surface area contributed by atoms with Crippen LogP contribution in [0.2, 0.25) is 0 Å². The van der Waals surface area contributed by atoms with Crippen LogP contribution in [-0.4, -0.2) is 11.1 Å². The molecule has 1 atom stereocenters. The SMILES string of the molecule is CC(Nc1ccccc1)(C(=O)O)c1ccccc1. The van der Waals surface area contributed by atoms with E-state index in [9.17, 15) is 9.90 Å². The van der Waals surface area contributed by atoms with Crippen molar-refractivity contribution in [3.05, 3.63) is 66.2 Å². The summed E-state index contributed by atoms with van der Waals surface area (Å²) < 4.78 is 0. The maximum atomic E-state index is 11.6. The quantitative estimate of drug-likeness (QED) is 0.864. The third kappa shape index (κ3) is 2.35. The summed E-state index contributed by atoms with van der Waals surface area (Å²) >= 11 is 0. The molecule has 2 aromatic carbocycles. The van der Waals surface area contributed by atoms with Crippen molar-refractivity contribution in [3.63, 3.8) is 0 Å². The van der Waals surface area contributed by atoms with Crippen molar-refractivity contribution in [2.45, 2.75) is 12.5 Å². The Morgan fingerprint density at radius 1 is 1.00 bits per heavy atom. The Morgan fingerprint density at radius 3 is 2.00 bits per heavy atom. The van der Waals surface area contributed by atoms with Gasteiger partial charge in [-0.15, -0.1) is 0 Å². The number of carboxylic acids is 1. The van der Waals surface area contributed by atoms with Crippen LogP contribution in [0.5, 0.6) is 0 Å². The highest BCUT2D eigenvalue weighted by Gasteiger charge is 2.34. The minimum absolute atomic E-state index is 0.723. The van der Waals surface area contributed by atoms with Crippen LogP contribution in [0.25, 0.3) is 0 Å². The van der Waals surface area contributed by atoms with E-state index in [2.05, 4.69) is 5.32 Å². The standard InChI is InChI=1S/C15H15NO2/c1-15(14(17)18,12-8-4-2-5-9-12)16-13-10-6-3-7-11-13/h2-11,16H,1H3,(H,17,18).